The van der Waals surface area contributed by atoms with Crippen molar-refractivity contribution in [1.82, 2.24) is 0 Å². The highest BCUT2D eigenvalue weighted by molar-refractivity contribution is 5.89. The van der Waals surface area contributed by atoms with Crippen molar-refractivity contribution < 1.29 is 19.0 Å². The number of rotatable bonds is 6. The molecule has 24 heavy (non-hydrogen) atoms. The van der Waals surface area contributed by atoms with E-state index < -0.39 is 12.4 Å². The lowest BCUT2D eigenvalue weighted by molar-refractivity contribution is -0.0862. The third-order valence-corrected chi connectivity index (χ3v) is 3.86. The lowest BCUT2D eigenvalue weighted by Gasteiger charge is -2.21. The maximum absolute atomic E-state index is 12.3. The Morgan fingerprint density at radius 1 is 1.17 bits per heavy atom. The van der Waals surface area contributed by atoms with E-state index in [9.17, 15) is 4.79 Å². The number of ether oxygens (including phenoxy) is 3. The first-order valence-corrected chi connectivity index (χ1v) is 7.97. The monoisotopic (exact) mass is 324 g/mol. The van der Waals surface area contributed by atoms with Gasteiger partial charge < -0.3 is 14.2 Å². The summed E-state index contributed by atoms with van der Waals surface area (Å²) in [5.41, 5.74) is 1.47. The minimum atomic E-state index is -0.432. The molecule has 1 aliphatic rings. The van der Waals surface area contributed by atoms with Crippen molar-refractivity contribution in [1.29, 1.82) is 0 Å². The first kappa shape index (κ1) is 16.4. The molecule has 2 aromatic rings. The zero-order chi connectivity index (χ0) is 16.8. The van der Waals surface area contributed by atoms with Gasteiger partial charge in [0, 0.05) is 12.0 Å². The van der Waals surface area contributed by atoms with Crippen LogP contribution in [0.1, 0.15) is 28.6 Å². The number of carbonyl (C=O) groups excluding carboxylic acids is 1. The van der Waals surface area contributed by atoms with Crippen LogP contribution >= 0.6 is 0 Å². The van der Waals surface area contributed by atoms with Crippen LogP contribution in [0.4, 0.5) is 0 Å². The standard InChI is InChI=1S/C20H20O4/c1-2-9-17(23-19(21)15-10-5-3-6-11-15)18-14-22-20(24-18)16-12-7-4-8-13-16/h2-8,10-13,17-18,20H,1,9,14H2/t17-,18-,20?/m0/s1. The van der Waals surface area contributed by atoms with Gasteiger partial charge in [0.2, 0.25) is 0 Å². The highest BCUT2D eigenvalue weighted by atomic mass is 16.7. The van der Waals surface area contributed by atoms with E-state index in [0.717, 1.165) is 5.56 Å². The normalized spacial score (nSPS) is 21.2. The molecule has 1 heterocycles. The molecule has 2 aromatic carbocycles. The van der Waals surface area contributed by atoms with Crippen LogP contribution in [0, 0.1) is 0 Å². The van der Waals surface area contributed by atoms with Gasteiger partial charge in [-0.05, 0) is 12.1 Å². The Balaban J connectivity index is 1.66. The maximum atomic E-state index is 12.3. The van der Waals surface area contributed by atoms with Crippen molar-refractivity contribution in [3.8, 4) is 0 Å². The van der Waals surface area contributed by atoms with Crippen LogP contribution in [0.25, 0.3) is 0 Å². The molecule has 0 bridgehead atoms. The zero-order valence-corrected chi connectivity index (χ0v) is 13.3. The summed E-state index contributed by atoms with van der Waals surface area (Å²) >= 11 is 0. The summed E-state index contributed by atoms with van der Waals surface area (Å²) in [5, 5.41) is 0. The van der Waals surface area contributed by atoms with E-state index in [-0.39, 0.29) is 12.1 Å². The molecule has 1 unspecified atom stereocenters. The fourth-order valence-corrected chi connectivity index (χ4v) is 2.62. The molecule has 0 spiro atoms. The third-order valence-electron chi connectivity index (χ3n) is 3.86. The smallest absolute Gasteiger partial charge is 0.338 e. The molecule has 4 heteroatoms. The molecule has 0 amide bonds. The molecule has 0 aliphatic carbocycles. The number of hydrogen-bond donors (Lipinski definition) is 0. The van der Waals surface area contributed by atoms with E-state index in [1.165, 1.54) is 0 Å². The van der Waals surface area contributed by atoms with Crippen molar-refractivity contribution >= 4 is 5.97 Å². The molecule has 1 saturated heterocycles. The van der Waals surface area contributed by atoms with Crippen LogP contribution in [0.2, 0.25) is 0 Å². The molecular weight excluding hydrogens is 304 g/mol. The average Bonchev–Trinajstić information content (AvgIpc) is 3.13. The molecule has 1 fully saturated rings. The Labute approximate surface area is 141 Å². The van der Waals surface area contributed by atoms with Gasteiger partial charge in [0.1, 0.15) is 12.2 Å². The molecule has 1 aliphatic heterocycles. The van der Waals surface area contributed by atoms with Crippen molar-refractivity contribution in [3.63, 3.8) is 0 Å². The van der Waals surface area contributed by atoms with Gasteiger partial charge in [-0.2, -0.15) is 0 Å². The van der Waals surface area contributed by atoms with Gasteiger partial charge in [0.05, 0.1) is 12.2 Å². The first-order valence-electron chi connectivity index (χ1n) is 7.97. The molecule has 0 radical (unpaired) electrons. The second kappa shape index (κ2) is 7.90. The molecule has 3 atom stereocenters. The number of carbonyl (C=O) groups is 1. The molecule has 124 valence electrons. The van der Waals surface area contributed by atoms with Crippen LogP contribution in [0.5, 0.6) is 0 Å². The summed E-state index contributed by atoms with van der Waals surface area (Å²) in [6.07, 6.45) is 1.06. The lowest BCUT2D eigenvalue weighted by atomic mass is 10.1. The van der Waals surface area contributed by atoms with Gasteiger partial charge >= 0.3 is 5.97 Å². The number of benzene rings is 2. The van der Waals surface area contributed by atoms with Crippen LogP contribution in [-0.4, -0.2) is 24.8 Å². The maximum Gasteiger partial charge on any atom is 0.338 e. The summed E-state index contributed by atoms with van der Waals surface area (Å²) in [6.45, 7) is 4.12. The minimum absolute atomic E-state index is 0.319. The van der Waals surface area contributed by atoms with Gasteiger partial charge in [-0.3, -0.25) is 0 Å². The van der Waals surface area contributed by atoms with E-state index in [0.29, 0.717) is 18.6 Å². The highest BCUT2D eigenvalue weighted by Crippen LogP contribution is 2.30. The van der Waals surface area contributed by atoms with Crippen LogP contribution in [0.15, 0.2) is 73.3 Å². The van der Waals surface area contributed by atoms with Crippen LogP contribution in [-0.2, 0) is 14.2 Å². The summed E-state index contributed by atoms with van der Waals surface area (Å²) in [4.78, 5) is 12.3. The van der Waals surface area contributed by atoms with Gasteiger partial charge in [-0.15, -0.1) is 6.58 Å². The van der Waals surface area contributed by atoms with Gasteiger partial charge in [-0.1, -0.05) is 54.6 Å². The molecular formula is C20H20O4. The second-order valence-corrected chi connectivity index (χ2v) is 5.58. The van der Waals surface area contributed by atoms with Crippen LogP contribution < -0.4 is 0 Å². The van der Waals surface area contributed by atoms with Crippen molar-refractivity contribution in [3.05, 3.63) is 84.4 Å². The Kier molecular flexibility index (Phi) is 5.41. The summed E-state index contributed by atoms with van der Waals surface area (Å²) in [7, 11) is 0. The first-order chi connectivity index (χ1) is 11.8. The SMILES string of the molecule is C=CC[C@H](OC(=O)c1ccccc1)[C@@H]1COC(c2ccccc2)O1. The Morgan fingerprint density at radius 2 is 1.83 bits per heavy atom. The Hall–Kier alpha value is -2.43. The summed E-state index contributed by atoms with van der Waals surface area (Å²) in [6, 6.07) is 18.6. The predicted molar refractivity (Wildman–Crippen MR) is 90.5 cm³/mol. The second-order valence-electron chi connectivity index (χ2n) is 5.58. The van der Waals surface area contributed by atoms with Gasteiger partial charge in [-0.25, -0.2) is 4.79 Å². The Morgan fingerprint density at radius 3 is 2.50 bits per heavy atom. The zero-order valence-electron chi connectivity index (χ0n) is 13.3. The fourth-order valence-electron chi connectivity index (χ4n) is 2.62. The van der Waals surface area contributed by atoms with Gasteiger partial charge in [0.25, 0.3) is 0 Å². The van der Waals surface area contributed by atoms with Crippen molar-refractivity contribution in [2.45, 2.75) is 24.9 Å². The van der Waals surface area contributed by atoms with E-state index in [4.69, 9.17) is 14.2 Å². The average molecular weight is 324 g/mol. The summed E-state index contributed by atoms with van der Waals surface area (Å²) in [5.74, 6) is -0.366. The van der Waals surface area contributed by atoms with E-state index in [1.807, 2.05) is 36.4 Å². The van der Waals surface area contributed by atoms with Gasteiger partial charge in [0.15, 0.2) is 6.29 Å². The topological polar surface area (TPSA) is 44.8 Å². The van der Waals surface area contributed by atoms with Crippen molar-refractivity contribution in [2.75, 3.05) is 6.61 Å². The van der Waals surface area contributed by atoms with E-state index in [2.05, 4.69) is 6.58 Å². The number of esters is 1. The molecule has 0 N–H and O–H groups in total. The molecule has 3 rings (SSSR count). The molecule has 4 nitrogen and oxygen atoms in total. The lowest BCUT2D eigenvalue weighted by Crippen LogP contribution is -2.32. The van der Waals surface area contributed by atoms with E-state index in [1.54, 1.807) is 30.3 Å². The van der Waals surface area contributed by atoms with Crippen LogP contribution in [0.3, 0.4) is 0 Å². The number of hydrogen-bond acceptors (Lipinski definition) is 4. The Bertz CT molecular complexity index is 669. The molecule has 0 aromatic heterocycles. The molecule has 0 saturated carbocycles. The fraction of sp³-hybridized carbons (Fsp3) is 0.250. The quantitative estimate of drug-likeness (QED) is 0.597. The largest absolute Gasteiger partial charge is 0.456 e. The predicted octanol–water partition coefficient (Wildman–Crippen LogP) is 3.90. The summed E-state index contributed by atoms with van der Waals surface area (Å²) < 4.78 is 17.3. The minimum Gasteiger partial charge on any atom is -0.456 e. The highest BCUT2D eigenvalue weighted by Gasteiger charge is 2.35. The van der Waals surface area contributed by atoms with E-state index >= 15 is 0 Å². The van der Waals surface area contributed by atoms with Crippen molar-refractivity contribution in [2.24, 2.45) is 0 Å². The third kappa shape index (κ3) is 3.91.